The molecule has 0 saturated heterocycles. The summed E-state index contributed by atoms with van der Waals surface area (Å²) >= 11 is 1.39. The van der Waals surface area contributed by atoms with Crippen LogP contribution in [0.5, 0.6) is 5.75 Å². The van der Waals surface area contributed by atoms with Crippen LogP contribution in [0.3, 0.4) is 0 Å². The van der Waals surface area contributed by atoms with Crippen LogP contribution in [0, 0.1) is 0 Å². The van der Waals surface area contributed by atoms with Crippen LogP contribution < -0.4 is 0 Å². The van der Waals surface area contributed by atoms with Crippen LogP contribution in [-0.2, 0) is 23.3 Å². The average molecular weight is 376 g/mol. The fourth-order valence-electron chi connectivity index (χ4n) is 1.50. The summed E-state index contributed by atoms with van der Waals surface area (Å²) in [6.07, 6.45) is 0. The maximum absolute atomic E-state index is 10.7. The third-order valence-electron chi connectivity index (χ3n) is 2.37. The molecule has 2 aromatic rings. The Kier molecular flexibility index (Phi) is 5.65. The van der Waals surface area contributed by atoms with Crippen molar-refractivity contribution >= 4 is 19.6 Å². The van der Waals surface area contributed by atoms with Gasteiger partial charge in [-0.25, -0.2) is 0 Å². The Morgan fingerprint density at radius 3 is 1.52 bits per heavy atom. The minimum Gasteiger partial charge on any atom is -0.508 e. The van der Waals surface area contributed by atoms with E-state index in [-0.39, 0.29) is 0 Å². The molecule has 0 atom stereocenters. The number of halogens is 6. The minimum atomic E-state index is -10.7. The van der Waals surface area contributed by atoms with Gasteiger partial charge >= 0.3 is 33.0 Å². The topological polar surface area (TPSA) is 20.2 Å². The Morgan fingerprint density at radius 1 is 0.696 bits per heavy atom. The zero-order valence-corrected chi connectivity index (χ0v) is 13.5. The number of hydrogen-bond donors (Lipinski definition) is 1. The second-order valence-electron chi connectivity index (χ2n) is 4.65. The Hall–Kier alpha value is -1.40. The van der Waals surface area contributed by atoms with E-state index in [4.69, 9.17) is 5.11 Å². The van der Waals surface area contributed by atoms with Gasteiger partial charge in [0.05, 0.1) is 0 Å². The van der Waals surface area contributed by atoms with Crippen LogP contribution in [0.15, 0.2) is 54.6 Å². The predicted molar refractivity (Wildman–Crippen MR) is 84.3 cm³/mol. The van der Waals surface area contributed by atoms with Gasteiger partial charge in [-0.05, 0) is 23.9 Å². The molecular weight excluding hydrogens is 361 g/mol. The molecule has 1 N–H and O–H groups in total. The van der Waals surface area contributed by atoms with E-state index in [1.807, 2.05) is 18.2 Å². The van der Waals surface area contributed by atoms with E-state index in [0.717, 1.165) is 11.5 Å². The molecule has 2 aromatic carbocycles. The summed E-state index contributed by atoms with van der Waals surface area (Å²) in [5.74, 6) is 2.46. The monoisotopic (exact) mass is 376 g/mol. The largest absolute Gasteiger partial charge is 0.508 e. The van der Waals surface area contributed by atoms with E-state index in [1.165, 1.54) is 22.9 Å². The van der Waals surface area contributed by atoms with Crippen molar-refractivity contribution < 1.29 is 30.3 Å². The van der Waals surface area contributed by atoms with E-state index in [1.54, 1.807) is 12.1 Å². The summed E-state index contributed by atoms with van der Waals surface area (Å²) in [5.41, 5.74) is 2.65. The number of benzene rings is 2. The average Bonchev–Trinajstić information content (AvgIpc) is 2.39. The predicted octanol–water partition coefficient (Wildman–Crippen LogP) is 6.29. The fraction of sp³-hybridized carbons (Fsp3) is 0.143. The summed E-state index contributed by atoms with van der Waals surface area (Å²) < 4.78 is 59.2. The first-order valence-electron chi connectivity index (χ1n) is 6.31. The number of thiol groups is 1. The van der Waals surface area contributed by atoms with Gasteiger partial charge in [0.15, 0.2) is 0 Å². The molecule has 0 heterocycles. The molecule has 0 aliphatic carbocycles. The van der Waals surface area contributed by atoms with Crippen LogP contribution in [0.4, 0.5) is 25.2 Å². The van der Waals surface area contributed by atoms with Gasteiger partial charge in [-0.3, -0.25) is 0 Å². The molecule has 0 aromatic heterocycles. The van der Waals surface area contributed by atoms with E-state index >= 15 is 0 Å². The summed E-state index contributed by atoms with van der Waals surface area (Å²) in [4.78, 5) is 0. The van der Waals surface area contributed by atoms with Crippen molar-refractivity contribution in [3.8, 4) is 5.75 Å². The van der Waals surface area contributed by atoms with Crippen LogP contribution in [0.25, 0.3) is 0 Å². The van der Waals surface area contributed by atoms with E-state index in [9.17, 15) is 25.2 Å². The van der Waals surface area contributed by atoms with E-state index < -0.39 is 7.81 Å². The first-order chi connectivity index (χ1) is 10.3. The molecule has 2 rings (SSSR count). The number of phenols is 1. The molecule has 23 heavy (non-hydrogen) atoms. The third-order valence-corrected chi connectivity index (χ3v) is 3.55. The second kappa shape index (κ2) is 6.61. The second-order valence-corrected chi connectivity index (χ2v) is 7.65. The van der Waals surface area contributed by atoms with Crippen LogP contribution in [-0.4, -0.2) is 5.11 Å². The molecule has 0 saturated carbocycles. The summed E-state index contributed by atoms with van der Waals surface area (Å²) in [6.45, 7) is 0. The summed E-state index contributed by atoms with van der Waals surface area (Å²) in [6, 6.07) is 18.0. The zero-order valence-electron chi connectivity index (χ0n) is 11.7. The third kappa shape index (κ3) is 14.0. The molecule has 0 amide bonds. The number of rotatable bonds is 4. The maximum Gasteiger partial charge on any atom is 0.131 e. The van der Waals surface area contributed by atoms with Gasteiger partial charge in [0.25, 0.3) is 0 Å². The van der Waals surface area contributed by atoms with Gasteiger partial charge in [-0.2, -0.15) is 0 Å². The number of phenolic OH excluding ortho intramolecular Hbond substituents is 1. The fourth-order valence-corrected chi connectivity index (χ4v) is 2.55. The Morgan fingerprint density at radius 2 is 1.09 bits per heavy atom. The van der Waals surface area contributed by atoms with Gasteiger partial charge in [-0.15, -0.1) is 0 Å². The van der Waals surface area contributed by atoms with Gasteiger partial charge in [-0.1, -0.05) is 42.5 Å². The van der Waals surface area contributed by atoms with Crippen molar-refractivity contribution in [3.05, 3.63) is 65.7 Å². The Bertz CT molecular complexity index is 601. The molecule has 9 heteroatoms. The van der Waals surface area contributed by atoms with Crippen molar-refractivity contribution in [2.75, 3.05) is 0 Å². The van der Waals surface area contributed by atoms with Crippen molar-refractivity contribution in [1.82, 2.24) is 0 Å². The molecular formula is C14H15F6OPS. The van der Waals surface area contributed by atoms with Crippen molar-refractivity contribution in [3.63, 3.8) is 0 Å². The maximum atomic E-state index is 9.87. The quantitative estimate of drug-likeness (QED) is 0.288. The molecule has 0 spiro atoms. The van der Waals surface area contributed by atoms with E-state index in [0.29, 0.717) is 5.75 Å². The Balaban J connectivity index is 0.000000322. The zero-order chi connectivity index (χ0) is 17.6. The Labute approximate surface area is 133 Å². The molecule has 0 aliphatic rings. The van der Waals surface area contributed by atoms with Crippen molar-refractivity contribution in [1.29, 1.82) is 0 Å². The number of aromatic hydroxyl groups is 1. The van der Waals surface area contributed by atoms with Crippen LogP contribution >= 0.6 is 7.81 Å². The molecule has 0 aliphatic heterocycles. The van der Waals surface area contributed by atoms with E-state index in [2.05, 4.69) is 24.3 Å². The van der Waals surface area contributed by atoms with Crippen LogP contribution in [0.2, 0.25) is 0 Å². The van der Waals surface area contributed by atoms with Gasteiger partial charge in [0.1, 0.15) is 17.3 Å². The molecule has 0 radical (unpaired) electrons. The SMILES string of the molecule is F[P-](F)(F)(F)(F)F.Oc1ccc(C[SH+]Cc2ccccc2)cc1. The smallest absolute Gasteiger partial charge is 0.131 e. The molecule has 0 bridgehead atoms. The number of hydrogen-bond acceptors (Lipinski definition) is 1. The van der Waals surface area contributed by atoms with Gasteiger partial charge < -0.3 is 5.11 Å². The van der Waals surface area contributed by atoms with Gasteiger partial charge in [0.2, 0.25) is 0 Å². The van der Waals surface area contributed by atoms with Gasteiger partial charge in [0, 0.05) is 11.1 Å². The first-order valence-corrected chi connectivity index (χ1v) is 9.60. The molecule has 0 unspecified atom stereocenters. The standard InChI is InChI=1S/C14H14OS.F6P/c15-14-8-6-13(7-9-14)11-16-10-12-4-2-1-3-5-12;1-7(2,3,4,5)6/h1-9,15H,10-11H2;/q;-1/p+1. The minimum absolute atomic E-state index is 0.337. The van der Waals surface area contributed by atoms with Crippen molar-refractivity contribution in [2.24, 2.45) is 0 Å². The normalized spacial score (nSPS) is 14.2. The first kappa shape index (κ1) is 19.6. The molecule has 130 valence electrons. The molecule has 0 fully saturated rings. The summed E-state index contributed by atoms with van der Waals surface area (Å²) in [5, 5.41) is 9.16. The van der Waals surface area contributed by atoms with Crippen molar-refractivity contribution in [2.45, 2.75) is 11.5 Å². The molecule has 1 nitrogen and oxygen atoms in total. The summed E-state index contributed by atoms with van der Waals surface area (Å²) in [7, 11) is -10.7. The van der Waals surface area contributed by atoms with Crippen LogP contribution in [0.1, 0.15) is 11.1 Å².